The Kier molecular flexibility index (Phi) is 5.80. The molecule has 0 radical (unpaired) electrons. The molecule has 0 N–H and O–H groups in total. The minimum absolute atomic E-state index is 0.138. The van der Waals surface area contributed by atoms with Gasteiger partial charge in [0.2, 0.25) is 15.9 Å². The molecule has 0 spiro atoms. The lowest BCUT2D eigenvalue weighted by molar-refractivity contribution is -0.134. The van der Waals surface area contributed by atoms with Crippen molar-refractivity contribution < 1.29 is 13.2 Å². The van der Waals surface area contributed by atoms with Crippen LogP contribution in [0, 0.1) is 11.3 Å². The lowest BCUT2D eigenvalue weighted by Gasteiger charge is -2.36. The van der Waals surface area contributed by atoms with Crippen LogP contribution in [0.1, 0.15) is 31.4 Å². The van der Waals surface area contributed by atoms with Crippen LogP contribution in [0.3, 0.4) is 0 Å². The van der Waals surface area contributed by atoms with Crippen LogP contribution in [0.2, 0.25) is 0 Å². The van der Waals surface area contributed by atoms with Gasteiger partial charge in [-0.3, -0.25) is 9.69 Å². The van der Waals surface area contributed by atoms with Crippen molar-refractivity contribution in [3.8, 4) is 6.07 Å². The second kappa shape index (κ2) is 7.82. The highest BCUT2D eigenvalue weighted by molar-refractivity contribution is 7.89. The number of hydrogen-bond donors (Lipinski definition) is 0. The van der Waals surface area contributed by atoms with Gasteiger partial charge in [-0.15, -0.1) is 0 Å². The van der Waals surface area contributed by atoms with Gasteiger partial charge < -0.3 is 4.90 Å². The molecule has 28 heavy (non-hydrogen) atoms. The zero-order chi connectivity index (χ0) is 20.5. The molecule has 1 aromatic rings. The molecule has 1 heterocycles. The molecule has 8 heteroatoms. The van der Waals surface area contributed by atoms with Crippen molar-refractivity contribution in [2.45, 2.75) is 43.5 Å². The van der Waals surface area contributed by atoms with Gasteiger partial charge in [0.05, 0.1) is 17.5 Å². The molecular weight excluding hydrogens is 376 g/mol. The summed E-state index contributed by atoms with van der Waals surface area (Å²) in [4.78, 5) is 16.2. The van der Waals surface area contributed by atoms with E-state index in [9.17, 15) is 18.5 Å². The number of sulfonamides is 1. The van der Waals surface area contributed by atoms with E-state index in [1.807, 2.05) is 17.0 Å². The molecule has 0 bridgehead atoms. The molecule has 0 saturated carbocycles. The summed E-state index contributed by atoms with van der Waals surface area (Å²) in [6, 6.07) is 7.60. The number of amides is 1. The van der Waals surface area contributed by atoms with E-state index >= 15 is 0 Å². The second-order valence-electron chi connectivity index (χ2n) is 8.09. The Hall–Kier alpha value is -1.95. The number of rotatable bonds is 5. The van der Waals surface area contributed by atoms with E-state index in [0.29, 0.717) is 31.1 Å². The van der Waals surface area contributed by atoms with Crippen LogP contribution in [-0.2, 0) is 27.7 Å². The van der Waals surface area contributed by atoms with Gasteiger partial charge >= 0.3 is 0 Å². The fourth-order valence-electron chi connectivity index (χ4n) is 3.67. The fraction of sp³-hybridized carbons (Fsp3) is 0.600. The Balaban J connectivity index is 1.60. The van der Waals surface area contributed by atoms with Crippen molar-refractivity contribution in [1.29, 1.82) is 5.26 Å². The Morgan fingerprint density at radius 2 is 1.82 bits per heavy atom. The molecule has 0 atom stereocenters. The molecule has 0 unspecified atom stereocenters. The predicted molar refractivity (Wildman–Crippen MR) is 106 cm³/mol. The molecule has 1 saturated heterocycles. The number of carbonyl (C=O) groups excluding carboxylic acids is 1. The third-order valence-electron chi connectivity index (χ3n) is 5.88. The maximum absolute atomic E-state index is 13.0. The number of aryl methyl sites for hydroxylation is 2. The van der Waals surface area contributed by atoms with Crippen molar-refractivity contribution in [2.24, 2.45) is 0 Å². The fourth-order valence-corrected chi connectivity index (χ4v) is 5.14. The van der Waals surface area contributed by atoms with Crippen LogP contribution in [0.15, 0.2) is 23.1 Å². The minimum atomic E-state index is -3.51. The lowest BCUT2D eigenvalue weighted by Crippen LogP contribution is -2.53. The van der Waals surface area contributed by atoms with Gasteiger partial charge in [-0.25, -0.2) is 8.42 Å². The third-order valence-corrected chi connectivity index (χ3v) is 7.78. The Morgan fingerprint density at radius 1 is 1.18 bits per heavy atom. The van der Waals surface area contributed by atoms with Crippen molar-refractivity contribution in [1.82, 2.24) is 14.1 Å². The number of nitriles is 1. The molecule has 152 valence electrons. The maximum Gasteiger partial charge on any atom is 0.243 e. The number of hydrogen-bond acceptors (Lipinski definition) is 5. The summed E-state index contributed by atoms with van der Waals surface area (Å²) < 4.78 is 27.5. The summed E-state index contributed by atoms with van der Waals surface area (Å²) in [5.74, 6) is -0.138. The molecule has 1 amide bonds. The van der Waals surface area contributed by atoms with Crippen LogP contribution in [-0.4, -0.2) is 73.7 Å². The molecule has 1 aliphatic heterocycles. The normalized spacial score (nSPS) is 18.5. The summed E-state index contributed by atoms with van der Waals surface area (Å²) in [5.41, 5.74) is 1.54. The summed E-state index contributed by atoms with van der Waals surface area (Å²) in [7, 11) is -1.89. The minimum Gasteiger partial charge on any atom is -0.326 e. The summed E-state index contributed by atoms with van der Waals surface area (Å²) in [6.45, 7) is 5.30. The first kappa shape index (κ1) is 20.8. The molecule has 3 rings (SSSR count). The van der Waals surface area contributed by atoms with Crippen molar-refractivity contribution in [2.75, 3.05) is 39.8 Å². The summed E-state index contributed by atoms with van der Waals surface area (Å²) >= 11 is 0. The standard InChI is InChI=1S/C20H28N4O3S/c1-20(2,15-21)22(3)19(25)14-23-9-11-24(12-10-23)28(26,27)18-8-7-16-5-4-6-17(16)13-18/h7-8,13H,4-6,9-12,14H2,1-3H3. The van der Waals surface area contributed by atoms with Crippen LogP contribution >= 0.6 is 0 Å². The van der Waals surface area contributed by atoms with E-state index in [4.69, 9.17) is 0 Å². The number of nitrogens with zero attached hydrogens (tertiary/aromatic N) is 4. The Labute approximate surface area is 167 Å². The van der Waals surface area contributed by atoms with Gasteiger partial charge in [0.25, 0.3) is 0 Å². The number of likely N-dealkylation sites (N-methyl/N-ethyl adjacent to an activating group) is 1. The van der Waals surface area contributed by atoms with Gasteiger partial charge in [-0.1, -0.05) is 6.07 Å². The van der Waals surface area contributed by atoms with Crippen LogP contribution in [0.25, 0.3) is 0 Å². The zero-order valence-corrected chi connectivity index (χ0v) is 17.6. The van der Waals surface area contributed by atoms with E-state index in [1.165, 1.54) is 14.8 Å². The molecule has 1 aromatic carbocycles. The molecule has 1 fully saturated rings. The van der Waals surface area contributed by atoms with Crippen LogP contribution in [0.5, 0.6) is 0 Å². The number of carbonyl (C=O) groups is 1. The topological polar surface area (TPSA) is 84.7 Å². The molecule has 0 aromatic heterocycles. The SMILES string of the molecule is CN(C(=O)CN1CCN(S(=O)(=O)c2ccc3c(c2)CCC3)CC1)C(C)(C)C#N. The molecule has 7 nitrogen and oxygen atoms in total. The average molecular weight is 405 g/mol. The second-order valence-corrected chi connectivity index (χ2v) is 10.0. The first-order valence-electron chi connectivity index (χ1n) is 9.67. The third kappa shape index (κ3) is 4.07. The van der Waals surface area contributed by atoms with Gasteiger partial charge in [0.1, 0.15) is 5.54 Å². The van der Waals surface area contributed by atoms with Gasteiger partial charge in [0.15, 0.2) is 0 Å². The van der Waals surface area contributed by atoms with Crippen molar-refractivity contribution >= 4 is 15.9 Å². The largest absolute Gasteiger partial charge is 0.326 e. The monoisotopic (exact) mass is 404 g/mol. The lowest BCUT2D eigenvalue weighted by atomic mass is 10.1. The van der Waals surface area contributed by atoms with Crippen molar-refractivity contribution in [3.63, 3.8) is 0 Å². The highest BCUT2D eigenvalue weighted by atomic mass is 32.2. The quantitative estimate of drug-likeness (QED) is 0.737. The Morgan fingerprint density at radius 3 is 2.46 bits per heavy atom. The number of fused-ring (bicyclic) bond motifs is 1. The molecule has 1 aliphatic carbocycles. The van der Waals surface area contributed by atoms with Gasteiger partial charge in [-0.2, -0.15) is 9.57 Å². The highest BCUT2D eigenvalue weighted by Crippen LogP contribution is 2.26. The number of benzene rings is 1. The maximum atomic E-state index is 13.0. The highest BCUT2D eigenvalue weighted by Gasteiger charge is 2.32. The zero-order valence-electron chi connectivity index (χ0n) is 16.8. The van der Waals surface area contributed by atoms with E-state index < -0.39 is 15.6 Å². The van der Waals surface area contributed by atoms with E-state index in [0.717, 1.165) is 24.8 Å². The predicted octanol–water partition coefficient (Wildman–Crippen LogP) is 1.24. The van der Waals surface area contributed by atoms with Crippen LogP contribution in [0.4, 0.5) is 0 Å². The van der Waals surface area contributed by atoms with Gasteiger partial charge in [0, 0.05) is 33.2 Å². The van der Waals surface area contributed by atoms with Gasteiger partial charge in [-0.05, 0) is 56.4 Å². The van der Waals surface area contributed by atoms with E-state index in [1.54, 1.807) is 27.0 Å². The first-order chi connectivity index (χ1) is 13.1. The Bertz CT molecular complexity index is 897. The molecule has 2 aliphatic rings. The first-order valence-corrected chi connectivity index (χ1v) is 11.1. The van der Waals surface area contributed by atoms with Crippen LogP contribution < -0.4 is 0 Å². The molecular formula is C20H28N4O3S. The van der Waals surface area contributed by atoms with E-state index in [-0.39, 0.29) is 12.5 Å². The summed E-state index contributed by atoms with van der Waals surface area (Å²) in [6.07, 6.45) is 3.06. The number of piperazine rings is 1. The van der Waals surface area contributed by atoms with Crippen molar-refractivity contribution in [3.05, 3.63) is 29.3 Å². The summed E-state index contributed by atoms with van der Waals surface area (Å²) in [5, 5.41) is 9.18. The average Bonchev–Trinajstić information content (AvgIpc) is 3.15. The smallest absolute Gasteiger partial charge is 0.243 e. The van der Waals surface area contributed by atoms with E-state index in [2.05, 4.69) is 6.07 Å².